The Labute approximate surface area is 127 Å². The van der Waals surface area contributed by atoms with Gasteiger partial charge in [0.1, 0.15) is 18.2 Å². The number of aromatic nitrogens is 2. The van der Waals surface area contributed by atoms with Gasteiger partial charge in [-0.3, -0.25) is 0 Å². The Morgan fingerprint density at radius 1 is 1.33 bits per heavy atom. The fraction of sp³-hybridized carbons (Fsp3) is 0.733. The highest BCUT2D eigenvalue weighted by atomic mass is 16.5. The van der Waals surface area contributed by atoms with Crippen molar-refractivity contribution in [3.05, 3.63) is 11.9 Å². The Kier molecular flexibility index (Phi) is 5.76. The zero-order valence-corrected chi connectivity index (χ0v) is 13.6. The summed E-state index contributed by atoms with van der Waals surface area (Å²) in [4.78, 5) is 13.9. The van der Waals surface area contributed by atoms with Crippen molar-refractivity contribution >= 4 is 11.6 Å². The number of likely N-dealkylation sites (N-methyl/N-ethyl adjacent to an activating group) is 1. The summed E-state index contributed by atoms with van der Waals surface area (Å²) in [5.74, 6) is 2.62. The minimum absolute atomic E-state index is 0.464. The molecule has 1 aliphatic rings. The molecular formula is C15H27N5O. The quantitative estimate of drug-likeness (QED) is 0.859. The van der Waals surface area contributed by atoms with Gasteiger partial charge in [0.25, 0.3) is 0 Å². The van der Waals surface area contributed by atoms with E-state index in [1.165, 1.54) is 0 Å². The van der Waals surface area contributed by atoms with Crippen LogP contribution in [0.2, 0.25) is 0 Å². The molecule has 0 saturated carbocycles. The lowest BCUT2D eigenvalue weighted by molar-refractivity contribution is 0.128. The maximum Gasteiger partial charge on any atom is 0.158 e. The van der Waals surface area contributed by atoms with Gasteiger partial charge in [0.05, 0.1) is 0 Å². The number of ether oxygens (including phenoxy) is 1. The molecule has 21 heavy (non-hydrogen) atoms. The van der Waals surface area contributed by atoms with E-state index in [0.29, 0.717) is 19.3 Å². The molecule has 0 bridgehead atoms. The number of hydrogen-bond donors (Lipinski definition) is 1. The number of hydrogen-bond acceptors (Lipinski definition) is 6. The van der Waals surface area contributed by atoms with Gasteiger partial charge >= 0.3 is 0 Å². The Morgan fingerprint density at radius 2 is 2.14 bits per heavy atom. The molecule has 118 valence electrons. The smallest absolute Gasteiger partial charge is 0.158 e. The summed E-state index contributed by atoms with van der Waals surface area (Å²) in [5, 5.41) is 3.28. The minimum Gasteiger partial charge on any atom is -0.374 e. The van der Waals surface area contributed by atoms with Crippen LogP contribution in [-0.2, 0) is 11.3 Å². The highest BCUT2D eigenvalue weighted by Gasteiger charge is 2.22. The maximum atomic E-state index is 5.45. The summed E-state index contributed by atoms with van der Waals surface area (Å²) in [6.45, 7) is 11.3. The molecule has 6 heteroatoms. The Hall–Kier alpha value is -1.40. The first-order chi connectivity index (χ1) is 10.1. The fourth-order valence-corrected chi connectivity index (χ4v) is 2.43. The number of nitrogens with zero attached hydrogens (tertiary/aromatic N) is 4. The van der Waals surface area contributed by atoms with Crippen molar-refractivity contribution in [2.75, 3.05) is 50.1 Å². The van der Waals surface area contributed by atoms with Crippen LogP contribution in [0.3, 0.4) is 0 Å². The average Bonchev–Trinajstić information content (AvgIpc) is 2.48. The van der Waals surface area contributed by atoms with E-state index in [1.807, 2.05) is 13.0 Å². The molecule has 1 saturated heterocycles. The lowest BCUT2D eigenvalue weighted by Gasteiger charge is -2.38. The van der Waals surface area contributed by atoms with Gasteiger partial charge in [-0.05, 0) is 27.8 Å². The highest BCUT2D eigenvalue weighted by molar-refractivity contribution is 5.50. The molecule has 2 rings (SSSR count). The molecule has 0 spiro atoms. The number of nitrogens with one attached hydrogen (secondary N) is 1. The van der Waals surface area contributed by atoms with Crippen molar-refractivity contribution in [2.24, 2.45) is 0 Å². The van der Waals surface area contributed by atoms with Crippen LogP contribution < -0.4 is 10.2 Å². The molecule has 1 fully saturated rings. The second kappa shape index (κ2) is 7.56. The molecule has 1 atom stereocenters. The van der Waals surface area contributed by atoms with E-state index in [4.69, 9.17) is 4.74 Å². The predicted molar refractivity (Wildman–Crippen MR) is 85.8 cm³/mol. The minimum atomic E-state index is 0.464. The fourth-order valence-electron chi connectivity index (χ4n) is 2.43. The van der Waals surface area contributed by atoms with E-state index < -0.39 is 0 Å². The summed E-state index contributed by atoms with van der Waals surface area (Å²) in [6.07, 6.45) is 0. The predicted octanol–water partition coefficient (Wildman–Crippen LogP) is 1.59. The van der Waals surface area contributed by atoms with Crippen molar-refractivity contribution in [3.8, 4) is 0 Å². The largest absolute Gasteiger partial charge is 0.374 e. The molecular weight excluding hydrogens is 266 g/mol. The first kappa shape index (κ1) is 16.0. The third-order valence-electron chi connectivity index (χ3n) is 3.84. The van der Waals surface area contributed by atoms with Gasteiger partial charge in [-0.15, -0.1) is 0 Å². The van der Waals surface area contributed by atoms with E-state index >= 15 is 0 Å². The standard InChI is InChI=1S/C15H27N5O/c1-5-16-13-9-15(18-14(17-13)11-21-6-2)20-8-7-19(4)12(3)10-20/h9,12H,5-8,10-11H2,1-4H3,(H,16,17,18). The van der Waals surface area contributed by atoms with Crippen molar-refractivity contribution in [1.29, 1.82) is 0 Å². The molecule has 1 aliphatic heterocycles. The second-order valence-electron chi connectivity index (χ2n) is 5.47. The number of piperazine rings is 1. The van der Waals surface area contributed by atoms with Crippen LogP contribution in [-0.4, -0.2) is 60.7 Å². The van der Waals surface area contributed by atoms with Gasteiger partial charge in [0.15, 0.2) is 5.82 Å². The summed E-state index contributed by atoms with van der Waals surface area (Å²) in [7, 11) is 2.17. The number of anilines is 2. The van der Waals surface area contributed by atoms with Crippen molar-refractivity contribution in [2.45, 2.75) is 33.4 Å². The van der Waals surface area contributed by atoms with Crippen molar-refractivity contribution in [3.63, 3.8) is 0 Å². The molecule has 0 aromatic carbocycles. The normalized spacial score (nSPS) is 19.8. The molecule has 1 N–H and O–H groups in total. The van der Waals surface area contributed by atoms with E-state index in [2.05, 4.69) is 46.0 Å². The lowest BCUT2D eigenvalue weighted by Crippen LogP contribution is -2.50. The summed E-state index contributed by atoms with van der Waals surface area (Å²) in [6, 6.07) is 2.57. The van der Waals surface area contributed by atoms with Crippen molar-refractivity contribution < 1.29 is 4.74 Å². The van der Waals surface area contributed by atoms with E-state index in [1.54, 1.807) is 0 Å². The van der Waals surface area contributed by atoms with Crippen LogP contribution >= 0.6 is 0 Å². The highest BCUT2D eigenvalue weighted by Crippen LogP contribution is 2.19. The van der Waals surface area contributed by atoms with Crippen LogP contribution in [0.5, 0.6) is 0 Å². The van der Waals surface area contributed by atoms with Crippen LogP contribution in [0.15, 0.2) is 6.07 Å². The molecule has 0 radical (unpaired) electrons. The zero-order valence-electron chi connectivity index (χ0n) is 13.6. The van der Waals surface area contributed by atoms with Crippen LogP contribution in [0, 0.1) is 0 Å². The van der Waals surface area contributed by atoms with E-state index in [9.17, 15) is 0 Å². The summed E-state index contributed by atoms with van der Waals surface area (Å²) < 4.78 is 5.45. The average molecular weight is 293 g/mol. The van der Waals surface area contributed by atoms with Crippen LogP contribution in [0.1, 0.15) is 26.6 Å². The SMILES string of the molecule is CCNc1cc(N2CCN(C)C(C)C2)nc(COCC)n1. The van der Waals surface area contributed by atoms with Crippen LogP contribution in [0.25, 0.3) is 0 Å². The summed E-state index contributed by atoms with van der Waals surface area (Å²) in [5.41, 5.74) is 0. The van der Waals surface area contributed by atoms with E-state index in [-0.39, 0.29) is 0 Å². The monoisotopic (exact) mass is 293 g/mol. The van der Waals surface area contributed by atoms with Gasteiger partial charge in [-0.2, -0.15) is 0 Å². The molecule has 1 aromatic heterocycles. The molecule has 0 aliphatic carbocycles. The molecule has 6 nitrogen and oxygen atoms in total. The maximum absolute atomic E-state index is 5.45. The van der Waals surface area contributed by atoms with Gasteiger partial charge in [0.2, 0.25) is 0 Å². The first-order valence-electron chi connectivity index (χ1n) is 7.78. The molecule has 2 heterocycles. The third kappa shape index (κ3) is 4.28. The second-order valence-corrected chi connectivity index (χ2v) is 5.47. The van der Waals surface area contributed by atoms with Crippen molar-refractivity contribution in [1.82, 2.24) is 14.9 Å². The number of rotatable bonds is 6. The molecule has 1 aromatic rings. The van der Waals surface area contributed by atoms with Gasteiger partial charge in [-0.1, -0.05) is 0 Å². The first-order valence-corrected chi connectivity index (χ1v) is 7.78. The van der Waals surface area contributed by atoms with Gasteiger partial charge < -0.3 is 19.9 Å². The van der Waals surface area contributed by atoms with Gasteiger partial charge in [0, 0.05) is 44.9 Å². The van der Waals surface area contributed by atoms with Crippen LogP contribution in [0.4, 0.5) is 11.6 Å². The molecule has 0 amide bonds. The summed E-state index contributed by atoms with van der Waals surface area (Å²) >= 11 is 0. The Morgan fingerprint density at radius 3 is 2.81 bits per heavy atom. The molecule has 1 unspecified atom stereocenters. The lowest BCUT2D eigenvalue weighted by atomic mass is 10.2. The Balaban J connectivity index is 2.18. The third-order valence-corrected chi connectivity index (χ3v) is 3.84. The Bertz CT molecular complexity index is 454. The van der Waals surface area contributed by atoms with Gasteiger partial charge in [-0.25, -0.2) is 9.97 Å². The zero-order chi connectivity index (χ0) is 15.2. The van der Waals surface area contributed by atoms with E-state index in [0.717, 1.165) is 43.6 Å². The topological polar surface area (TPSA) is 53.5 Å².